The highest BCUT2D eigenvalue weighted by atomic mass is 35.5. The molecule has 0 spiro atoms. The summed E-state index contributed by atoms with van der Waals surface area (Å²) in [5.41, 5.74) is 0.432. The summed E-state index contributed by atoms with van der Waals surface area (Å²) in [5, 5.41) is 11.1. The summed E-state index contributed by atoms with van der Waals surface area (Å²) in [6.45, 7) is 0. The molecule has 6 heteroatoms. The van der Waals surface area contributed by atoms with Crippen LogP contribution in [0.25, 0.3) is 22.3 Å². The van der Waals surface area contributed by atoms with Gasteiger partial charge in [0.15, 0.2) is 5.82 Å². The fraction of sp³-hybridized carbons (Fsp3) is 0. The van der Waals surface area contributed by atoms with Gasteiger partial charge in [0.2, 0.25) is 0 Å². The minimum absolute atomic E-state index is 0.132. The van der Waals surface area contributed by atoms with E-state index in [9.17, 15) is 10.0 Å². The Morgan fingerprint density at radius 2 is 1.80 bits per heavy atom. The maximum Gasteiger partial charge on any atom is 0.294 e. The summed E-state index contributed by atoms with van der Waals surface area (Å²) in [5.74, 6) is 0.132. The molecule has 0 aliphatic carbocycles. The monoisotopic (exact) mass is 306 g/mol. The number of aromatic nitrogens is 2. The largest absolute Gasteiger partial charge is 0.423 e. The Labute approximate surface area is 123 Å². The Balaban J connectivity index is 2.35. The van der Waals surface area contributed by atoms with E-state index in [-0.39, 0.29) is 11.2 Å². The molecule has 1 aromatic heterocycles. The summed E-state index contributed by atoms with van der Waals surface area (Å²) in [4.78, 5) is 16.4. The first-order valence-corrected chi connectivity index (χ1v) is 6.49. The van der Waals surface area contributed by atoms with E-state index < -0.39 is 5.56 Å². The van der Waals surface area contributed by atoms with Gasteiger partial charge in [-0.05, 0) is 30.3 Å². The van der Waals surface area contributed by atoms with Crippen molar-refractivity contribution in [1.29, 1.82) is 0 Å². The molecule has 2 aromatic carbocycles. The lowest BCUT2D eigenvalue weighted by Crippen LogP contribution is -2.21. The molecule has 0 atom stereocenters. The zero-order valence-electron chi connectivity index (χ0n) is 10.0. The molecule has 4 nitrogen and oxygen atoms in total. The van der Waals surface area contributed by atoms with Gasteiger partial charge in [0.1, 0.15) is 0 Å². The van der Waals surface area contributed by atoms with E-state index in [4.69, 9.17) is 23.2 Å². The predicted molar refractivity (Wildman–Crippen MR) is 78.6 cm³/mol. The molecule has 3 rings (SSSR count). The van der Waals surface area contributed by atoms with Crippen LogP contribution < -0.4 is 5.56 Å². The molecular formula is C14H8Cl2N2O2. The summed E-state index contributed by atoms with van der Waals surface area (Å²) in [6, 6.07) is 11.5. The normalized spacial score (nSPS) is 10.9. The van der Waals surface area contributed by atoms with Crippen LogP contribution in [0.5, 0.6) is 0 Å². The molecule has 100 valence electrons. The lowest BCUT2D eigenvalue weighted by atomic mass is 10.2. The van der Waals surface area contributed by atoms with E-state index in [1.54, 1.807) is 36.4 Å². The van der Waals surface area contributed by atoms with E-state index in [1.165, 1.54) is 6.07 Å². The minimum atomic E-state index is -0.576. The third-order valence-corrected chi connectivity index (χ3v) is 3.36. The summed E-state index contributed by atoms with van der Waals surface area (Å²) < 4.78 is 0.504. The molecule has 0 unspecified atom stereocenters. The smallest absolute Gasteiger partial charge is 0.294 e. The van der Waals surface area contributed by atoms with Gasteiger partial charge < -0.3 is 5.21 Å². The molecule has 0 bridgehead atoms. The Kier molecular flexibility index (Phi) is 3.12. The van der Waals surface area contributed by atoms with E-state index >= 15 is 0 Å². The van der Waals surface area contributed by atoms with E-state index in [2.05, 4.69) is 4.98 Å². The Morgan fingerprint density at radius 1 is 1.05 bits per heavy atom. The first kappa shape index (κ1) is 13.0. The molecule has 0 saturated heterocycles. The van der Waals surface area contributed by atoms with Gasteiger partial charge in [0, 0.05) is 15.6 Å². The third-order valence-electron chi connectivity index (χ3n) is 2.89. The number of fused-ring (bicyclic) bond motifs is 1. The first-order chi connectivity index (χ1) is 9.56. The fourth-order valence-electron chi connectivity index (χ4n) is 1.96. The second-order valence-electron chi connectivity index (χ2n) is 4.22. The van der Waals surface area contributed by atoms with Gasteiger partial charge in [-0.1, -0.05) is 35.3 Å². The highest BCUT2D eigenvalue weighted by Gasteiger charge is 2.12. The third kappa shape index (κ3) is 2.13. The molecule has 1 heterocycles. The predicted octanol–water partition coefficient (Wildman–Crippen LogP) is 3.61. The molecule has 0 radical (unpaired) electrons. The average Bonchev–Trinajstić information content (AvgIpc) is 2.43. The molecular weight excluding hydrogens is 299 g/mol. The van der Waals surface area contributed by atoms with E-state index in [1.807, 2.05) is 0 Å². The van der Waals surface area contributed by atoms with Crippen LogP contribution in [0.4, 0.5) is 0 Å². The van der Waals surface area contributed by atoms with Crippen molar-refractivity contribution in [3.8, 4) is 11.4 Å². The topological polar surface area (TPSA) is 55.1 Å². The zero-order chi connectivity index (χ0) is 14.3. The number of nitrogens with zero attached hydrogens (tertiary/aromatic N) is 2. The maximum atomic E-state index is 12.1. The molecule has 0 aliphatic heterocycles. The van der Waals surface area contributed by atoms with Crippen molar-refractivity contribution in [3.05, 3.63) is 62.9 Å². The lowest BCUT2D eigenvalue weighted by Gasteiger charge is -2.08. The number of rotatable bonds is 1. The van der Waals surface area contributed by atoms with Gasteiger partial charge in [0.05, 0.1) is 10.9 Å². The Morgan fingerprint density at radius 3 is 2.55 bits per heavy atom. The van der Waals surface area contributed by atoms with Crippen LogP contribution in [0.3, 0.4) is 0 Å². The van der Waals surface area contributed by atoms with Crippen molar-refractivity contribution >= 4 is 34.1 Å². The van der Waals surface area contributed by atoms with Gasteiger partial charge in [0.25, 0.3) is 5.56 Å². The highest BCUT2D eigenvalue weighted by Crippen LogP contribution is 2.22. The second kappa shape index (κ2) is 4.81. The SMILES string of the molecule is O=c1c2cc(Cl)ccc2nc(-c2cccc(Cl)c2)n1O. The van der Waals surface area contributed by atoms with Crippen LogP contribution in [0.15, 0.2) is 47.3 Å². The minimum Gasteiger partial charge on any atom is -0.423 e. The van der Waals surface area contributed by atoms with E-state index in [0.717, 1.165) is 0 Å². The maximum absolute atomic E-state index is 12.1. The molecule has 0 fully saturated rings. The van der Waals surface area contributed by atoms with Crippen LogP contribution in [0, 0.1) is 0 Å². The number of halogens is 2. The quantitative estimate of drug-likeness (QED) is 0.699. The van der Waals surface area contributed by atoms with Crippen molar-refractivity contribution in [1.82, 2.24) is 9.71 Å². The van der Waals surface area contributed by atoms with Crippen molar-refractivity contribution in [2.45, 2.75) is 0 Å². The zero-order valence-corrected chi connectivity index (χ0v) is 11.6. The summed E-state index contributed by atoms with van der Waals surface area (Å²) >= 11 is 11.8. The van der Waals surface area contributed by atoms with Crippen molar-refractivity contribution in [2.24, 2.45) is 0 Å². The molecule has 0 saturated carbocycles. The molecule has 0 amide bonds. The molecule has 1 N–H and O–H groups in total. The highest BCUT2D eigenvalue weighted by molar-refractivity contribution is 6.31. The number of benzene rings is 2. The van der Waals surface area contributed by atoms with Crippen molar-refractivity contribution < 1.29 is 5.21 Å². The Hall–Kier alpha value is -2.04. The number of hydrogen-bond donors (Lipinski definition) is 1. The van der Waals surface area contributed by atoms with E-state index in [0.29, 0.717) is 25.9 Å². The Bertz CT molecular complexity index is 875. The summed E-state index contributed by atoms with van der Waals surface area (Å²) in [7, 11) is 0. The van der Waals surface area contributed by atoms with Gasteiger partial charge in [-0.2, -0.15) is 0 Å². The van der Waals surface area contributed by atoms with Crippen molar-refractivity contribution in [2.75, 3.05) is 0 Å². The fourth-order valence-corrected chi connectivity index (χ4v) is 2.33. The van der Waals surface area contributed by atoms with Gasteiger partial charge in [-0.15, -0.1) is 4.73 Å². The van der Waals surface area contributed by atoms with Gasteiger partial charge in [-0.25, -0.2) is 4.98 Å². The van der Waals surface area contributed by atoms with Gasteiger partial charge >= 0.3 is 0 Å². The van der Waals surface area contributed by atoms with Crippen LogP contribution in [0.2, 0.25) is 10.0 Å². The molecule has 20 heavy (non-hydrogen) atoms. The average molecular weight is 307 g/mol. The van der Waals surface area contributed by atoms with Crippen LogP contribution in [0.1, 0.15) is 0 Å². The standard InChI is InChI=1S/C14H8Cl2N2O2/c15-9-3-1-2-8(6-9)13-17-12-5-4-10(16)7-11(12)14(19)18(13)20/h1-7,20H. The lowest BCUT2D eigenvalue weighted by molar-refractivity contribution is 0.178. The van der Waals surface area contributed by atoms with Crippen molar-refractivity contribution in [3.63, 3.8) is 0 Å². The van der Waals surface area contributed by atoms with Gasteiger partial charge in [-0.3, -0.25) is 4.79 Å². The van der Waals surface area contributed by atoms with Crippen LogP contribution in [-0.4, -0.2) is 14.9 Å². The van der Waals surface area contributed by atoms with Crippen LogP contribution >= 0.6 is 23.2 Å². The molecule has 3 aromatic rings. The van der Waals surface area contributed by atoms with Crippen LogP contribution in [-0.2, 0) is 0 Å². The summed E-state index contributed by atoms with van der Waals surface area (Å²) in [6.07, 6.45) is 0. The number of hydrogen-bond acceptors (Lipinski definition) is 3. The molecule has 0 aliphatic rings. The second-order valence-corrected chi connectivity index (χ2v) is 5.10. The first-order valence-electron chi connectivity index (χ1n) is 5.74.